The van der Waals surface area contributed by atoms with Gasteiger partial charge in [-0.1, -0.05) is 13.8 Å². The van der Waals surface area contributed by atoms with Gasteiger partial charge in [0, 0.05) is 6.20 Å². The number of esters is 1. The molecule has 1 aromatic rings. The third-order valence-electron chi connectivity index (χ3n) is 3.86. The van der Waals surface area contributed by atoms with E-state index in [1.807, 2.05) is 0 Å². The quantitative estimate of drug-likeness (QED) is 0.430. The van der Waals surface area contributed by atoms with E-state index in [2.05, 4.69) is 4.98 Å². The number of rotatable bonds is 5. The molecule has 6 N–H and O–H groups in total. The van der Waals surface area contributed by atoms with E-state index in [9.17, 15) is 25.1 Å². The maximum Gasteiger partial charge on any atom is 0.353 e. The molecular formula is C15H19N5O6. The number of hydrogen-bond acceptors (Lipinski definition) is 10. The highest BCUT2D eigenvalue weighted by Crippen LogP contribution is 2.38. The standard InChI is InChI=1S/C15H19N5O6/c1-7(2)10(18)13(23)25-11-8(5-21)26-15(6-16,12(11)22)20-4-3-9(17)19-14(20)24/h3-4,7,10,12,21-22H,5,18H2,1-2H3,(H2,17,19,24)/t10?,12?,15-/m1/s1. The van der Waals surface area contributed by atoms with E-state index >= 15 is 0 Å². The van der Waals surface area contributed by atoms with Gasteiger partial charge in [0.1, 0.15) is 24.5 Å². The second-order valence-corrected chi connectivity index (χ2v) is 5.95. The van der Waals surface area contributed by atoms with Gasteiger partial charge in [-0.25, -0.2) is 14.2 Å². The SMILES string of the molecule is CC(C)C(N)C(=O)OC1=C(CO)O[C@@](C#N)(n2ccc(N)nc2=O)C1O. The van der Waals surface area contributed by atoms with Crippen LogP contribution in [-0.4, -0.2) is 44.5 Å². The Bertz CT molecular complexity index is 842. The molecule has 140 valence electrons. The van der Waals surface area contributed by atoms with Gasteiger partial charge in [-0.3, -0.25) is 0 Å². The number of carbonyl (C=O) groups excluding carboxylic acids is 1. The third kappa shape index (κ3) is 3.13. The van der Waals surface area contributed by atoms with Crippen molar-refractivity contribution in [3.8, 4) is 6.07 Å². The molecule has 1 aromatic heterocycles. The topological polar surface area (TPSA) is 187 Å². The summed E-state index contributed by atoms with van der Waals surface area (Å²) in [5.74, 6) is -2.13. The molecule has 2 rings (SSSR count). The van der Waals surface area contributed by atoms with Gasteiger partial charge >= 0.3 is 17.4 Å². The lowest BCUT2D eigenvalue weighted by Gasteiger charge is -2.27. The fourth-order valence-electron chi connectivity index (χ4n) is 2.28. The van der Waals surface area contributed by atoms with Gasteiger partial charge in [-0.2, -0.15) is 10.2 Å². The summed E-state index contributed by atoms with van der Waals surface area (Å²) in [4.78, 5) is 27.6. The number of aromatic nitrogens is 2. The van der Waals surface area contributed by atoms with E-state index in [0.717, 1.165) is 6.20 Å². The van der Waals surface area contributed by atoms with Crippen molar-refractivity contribution in [2.45, 2.75) is 31.7 Å². The number of nitrogen functional groups attached to an aromatic ring is 1. The summed E-state index contributed by atoms with van der Waals surface area (Å²) >= 11 is 0. The normalized spacial score (nSPS) is 23.5. The molecule has 0 saturated carbocycles. The van der Waals surface area contributed by atoms with Crippen molar-refractivity contribution in [3.63, 3.8) is 0 Å². The molecule has 0 aromatic carbocycles. The second kappa shape index (κ2) is 7.12. The Morgan fingerprint density at radius 3 is 2.77 bits per heavy atom. The van der Waals surface area contributed by atoms with Crippen LogP contribution in [0.25, 0.3) is 0 Å². The average molecular weight is 365 g/mol. The van der Waals surface area contributed by atoms with Crippen LogP contribution in [0.2, 0.25) is 0 Å². The first kappa shape index (κ1) is 19.4. The van der Waals surface area contributed by atoms with Gasteiger partial charge in [-0.05, 0) is 12.0 Å². The molecule has 0 amide bonds. The lowest BCUT2D eigenvalue weighted by molar-refractivity contribution is -0.145. The minimum atomic E-state index is -2.33. The van der Waals surface area contributed by atoms with Crippen LogP contribution in [0.4, 0.5) is 5.82 Å². The zero-order chi connectivity index (χ0) is 19.6. The van der Waals surface area contributed by atoms with Crippen LogP contribution in [-0.2, 0) is 20.0 Å². The lowest BCUT2D eigenvalue weighted by atomic mass is 10.1. The molecule has 1 aliphatic heterocycles. The zero-order valence-corrected chi connectivity index (χ0v) is 14.1. The fraction of sp³-hybridized carbons (Fsp3) is 0.467. The van der Waals surface area contributed by atoms with E-state index in [-0.39, 0.29) is 17.5 Å². The maximum atomic E-state index is 12.1. The van der Waals surface area contributed by atoms with Gasteiger partial charge in [0.25, 0.3) is 0 Å². The number of aliphatic hydroxyl groups excluding tert-OH is 2. The summed E-state index contributed by atoms with van der Waals surface area (Å²) in [6.07, 6.45) is -0.808. The lowest BCUT2D eigenvalue weighted by Crippen LogP contribution is -2.49. The van der Waals surface area contributed by atoms with Gasteiger partial charge in [-0.15, -0.1) is 0 Å². The second-order valence-electron chi connectivity index (χ2n) is 5.95. The summed E-state index contributed by atoms with van der Waals surface area (Å²) in [5.41, 5.74) is 7.80. The highest BCUT2D eigenvalue weighted by atomic mass is 16.6. The van der Waals surface area contributed by atoms with E-state index in [0.29, 0.717) is 4.57 Å². The fourth-order valence-corrected chi connectivity index (χ4v) is 2.28. The van der Waals surface area contributed by atoms with Crippen LogP contribution >= 0.6 is 0 Å². The average Bonchev–Trinajstić information content (AvgIpc) is 2.87. The summed E-state index contributed by atoms with van der Waals surface area (Å²) in [5, 5.41) is 29.6. The number of anilines is 1. The predicted octanol–water partition coefficient (Wildman–Crippen LogP) is -1.88. The summed E-state index contributed by atoms with van der Waals surface area (Å²) in [6, 6.07) is 1.87. The largest absolute Gasteiger partial charge is 0.449 e. The van der Waals surface area contributed by atoms with Crippen LogP contribution in [0.15, 0.2) is 28.6 Å². The monoisotopic (exact) mass is 365 g/mol. The number of carbonyl (C=O) groups is 1. The smallest absolute Gasteiger partial charge is 0.353 e. The number of nitrogens with zero attached hydrogens (tertiary/aromatic N) is 3. The Balaban J connectivity index is 2.45. The van der Waals surface area contributed by atoms with Crippen molar-refractivity contribution in [2.24, 2.45) is 11.7 Å². The Kier molecular flexibility index (Phi) is 5.31. The van der Waals surface area contributed by atoms with Gasteiger partial charge in [0.2, 0.25) is 0 Å². The number of ether oxygens (including phenoxy) is 2. The molecule has 26 heavy (non-hydrogen) atoms. The first-order valence-corrected chi connectivity index (χ1v) is 7.63. The molecule has 3 atom stereocenters. The maximum absolute atomic E-state index is 12.1. The molecule has 0 fully saturated rings. The highest BCUT2D eigenvalue weighted by molar-refractivity contribution is 5.77. The van der Waals surface area contributed by atoms with Gasteiger partial charge < -0.3 is 31.2 Å². The number of nitriles is 1. The molecule has 1 aliphatic rings. The third-order valence-corrected chi connectivity index (χ3v) is 3.86. The Hall–Kier alpha value is -2.94. The first-order chi connectivity index (χ1) is 12.2. The molecule has 2 heterocycles. The molecule has 0 spiro atoms. The van der Waals surface area contributed by atoms with Gasteiger partial charge in [0.15, 0.2) is 17.6 Å². The molecule has 0 saturated heterocycles. The Morgan fingerprint density at radius 2 is 2.27 bits per heavy atom. The molecule has 0 bridgehead atoms. The van der Waals surface area contributed by atoms with E-state index in [4.69, 9.17) is 20.9 Å². The van der Waals surface area contributed by atoms with Crippen molar-refractivity contribution >= 4 is 11.8 Å². The van der Waals surface area contributed by atoms with Crippen molar-refractivity contribution < 1.29 is 24.5 Å². The van der Waals surface area contributed by atoms with Crippen molar-refractivity contribution in [2.75, 3.05) is 12.3 Å². The number of nitrogens with two attached hydrogens (primary N) is 2. The minimum absolute atomic E-state index is 0.100. The molecule has 11 nitrogen and oxygen atoms in total. The summed E-state index contributed by atoms with van der Waals surface area (Å²) < 4.78 is 11.1. The summed E-state index contributed by atoms with van der Waals surface area (Å²) in [7, 11) is 0. The van der Waals surface area contributed by atoms with Crippen molar-refractivity contribution in [3.05, 3.63) is 34.3 Å². The Morgan fingerprint density at radius 1 is 1.62 bits per heavy atom. The molecular weight excluding hydrogens is 346 g/mol. The summed E-state index contributed by atoms with van der Waals surface area (Å²) in [6.45, 7) is 2.58. The van der Waals surface area contributed by atoms with E-state index in [1.54, 1.807) is 19.9 Å². The van der Waals surface area contributed by atoms with Crippen LogP contribution < -0.4 is 17.2 Å². The first-order valence-electron chi connectivity index (χ1n) is 7.63. The van der Waals surface area contributed by atoms with Crippen LogP contribution in [0.5, 0.6) is 0 Å². The zero-order valence-electron chi connectivity index (χ0n) is 14.1. The number of aliphatic hydroxyl groups is 2. The van der Waals surface area contributed by atoms with Crippen LogP contribution in [0.3, 0.4) is 0 Å². The molecule has 0 aliphatic carbocycles. The molecule has 0 radical (unpaired) electrons. The van der Waals surface area contributed by atoms with Crippen molar-refractivity contribution in [1.82, 2.24) is 9.55 Å². The van der Waals surface area contributed by atoms with Crippen LogP contribution in [0, 0.1) is 17.2 Å². The number of hydrogen-bond donors (Lipinski definition) is 4. The highest BCUT2D eigenvalue weighted by Gasteiger charge is 2.54. The minimum Gasteiger partial charge on any atom is -0.449 e. The van der Waals surface area contributed by atoms with Crippen LogP contribution in [0.1, 0.15) is 13.8 Å². The molecule has 2 unspecified atom stereocenters. The van der Waals surface area contributed by atoms with Crippen molar-refractivity contribution in [1.29, 1.82) is 5.26 Å². The predicted molar refractivity (Wildman–Crippen MR) is 86.6 cm³/mol. The van der Waals surface area contributed by atoms with E-state index in [1.165, 1.54) is 6.07 Å². The van der Waals surface area contributed by atoms with Gasteiger partial charge in [0.05, 0.1) is 0 Å². The Labute approximate surface area is 148 Å². The van der Waals surface area contributed by atoms with E-state index < -0.39 is 41.9 Å². The molecule has 11 heteroatoms.